The molecule has 5 heteroatoms. The summed E-state index contributed by atoms with van der Waals surface area (Å²) in [6.45, 7) is 0.444. The zero-order valence-electron chi connectivity index (χ0n) is 10.6. The number of aliphatic hydroxyl groups excluding tert-OH is 2. The number of hydrogen-bond acceptors (Lipinski definition) is 4. The van der Waals surface area contributed by atoms with E-state index < -0.39 is 12.2 Å². The summed E-state index contributed by atoms with van der Waals surface area (Å²) in [5, 5.41) is 22.3. The fraction of sp³-hybridized carbons (Fsp3) is 0.500. The number of β-amino-alcohol motifs (C(OH)–C–C–N with tert-alkyl or cyclic N) is 2. The van der Waals surface area contributed by atoms with E-state index >= 15 is 0 Å². The third-order valence-corrected chi connectivity index (χ3v) is 3.92. The predicted octanol–water partition coefficient (Wildman–Crippen LogP) is -0.0227. The number of rotatable bonds is 1. The lowest BCUT2D eigenvalue weighted by atomic mass is 9.97. The van der Waals surface area contributed by atoms with Crippen LogP contribution < -0.4 is 5.32 Å². The Morgan fingerprint density at radius 3 is 2.63 bits per heavy atom. The highest BCUT2D eigenvalue weighted by Gasteiger charge is 2.36. The number of hydrogen-bond donors (Lipinski definition) is 3. The molecule has 3 atom stereocenters. The van der Waals surface area contributed by atoms with Crippen molar-refractivity contribution in [1.82, 2.24) is 4.90 Å². The fourth-order valence-corrected chi connectivity index (χ4v) is 2.79. The minimum absolute atomic E-state index is 0.0369. The topological polar surface area (TPSA) is 72.8 Å². The molecule has 3 rings (SSSR count). The summed E-state index contributed by atoms with van der Waals surface area (Å²) in [7, 11) is 0. The number of benzene rings is 1. The third kappa shape index (κ3) is 2.31. The minimum atomic E-state index is -0.820. The van der Waals surface area contributed by atoms with Crippen molar-refractivity contribution in [1.29, 1.82) is 0 Å². The minimum Gasteiger partial charge on any atom is -0.388 e. The molecule has 0 radical (unpaired) electrons. The first-order valence-electron chi connectivity index (χ1n) is 6.64. The molecule has 102 valence electrons. The molecule has 3 N–H and O–H groups in total. The maximum atomic E-state index is 12.3. The van der Waals surface area contributed by atoms with Crippen molar-refractivity contribution in [2.75, 3.05) is 18.4 Å². The van der Waals surface area contributed by atoms with Crippen molar-refractivity contribution in [3.8, 4) is 0 Å². The Kier molecular flexibility index (Phi) is 3.16. The molecule has 5 nitrogen and oxygen atoms in total. The van der Waals surface area contributed by atoms with Crippen LogP contribution in [0.3, 0.4) is 0 Å². The number of nitrogens with zero attached hydrogens (tertiary/aromatic N) is 1. The first kappa shape index (κ1) is 12.4. The van der Waals surface area contributed by atoms with Crippen molar-refractivity contribution >= 4 is 11.6 Å². The smallest absolute Gasteiger partial charge is 0.245 e. The maximum absolute atomic E-state index is 12.3. The lowest BCUT2D eigenvalue weighted by molar-refractivity contribution is -0.131. The summed E-state index contributed by atoms with van der Waals surface area (Å²) in [6.07, 6.45) is -0.0171. The van der Waals surface area contributed by atoms with Crippen LogP contribution >= 0.6 is 0 Å². The standard InChI is InChI=1S/C14H18N2O3/c17-12-7-16(8-13(12)18)14(19)11-6-5-9-3-1-2-4-10(9)15-11/h1-4,11-13,15,17-18H,5-8H2. The maximum Gasteiger partial charge on any atom is 0.245 e. The highest BCUT2D eigenvalue weighted by Crippen LogP contribution is 2.25. The number of amides is 1. The number of para-hydroxylation sites is 1. The number of aliphatic hydroxyl groups is 2. The monoisotopic (exact) mass is 262 g/mol. The van der Waals surface area contributed by atoms with Crippen LogP contribution in [0.25, 0.3) is 0 Å². The molecule has 1 aromatic carbocycles. The molecule has 0 bridgehead atoms. The van der Waals surface area contributed by atoms with Crippen LogP contribution in [0.1, 0.15) is 12.0 Å². The van der Waals surface area contributed by atoms with E-state index in [2.05, 4.69) is 11.4 Å². The molecule has 2 aliphatic rings. The van der Waals surface area contributed by atoms with E-state index in [-0.39, 0.29) is 25.0 Å². The average molecular weight is 262 g/mol. The van der Waals surface area contributed by atoms with Gasteiger partial charge in [0.2, 0.25) is 5.91 Å². The molecule has 0 saturated carbocycles. The van der Waals surface area contributed by atoms with Gasteiger partial charge in [0.1, 0.15) is 6.04 Å². The van der Waals surface area contributed by atoms with Gasteiger partial charge in [-0.1, -0.05) is 18.2 Å². The summed E-state index contributed by atoms with van der Waals surface area (Å²) in [5.41, 5.74) is 2.24. The number of nitrogens with one attached hydrogen (secondary N) is 1. The van der Waals surface area contributed by atoms with Gasteiger partial charge in [0.25, 0.3) is 0 Å². The molecule has 1 fully saturated rings. The Labute approximate surface area is 111 Å². The van der Waals surface area contributed by atoms with Crippen LogP contribution in [-0.4, -0.2) is 52.4 Å². The Bertz CT molecular complexity index is 481. The lowest BCUT2D eigenvalue weighted by Crippen LogP contribution is -2.44. The summed E-state index contributed by atoms with van der Waals surface area (Å²) in [6, 6.07) is 7.72. The quantitative estimate of drug-likeness (QED) is 0.665. The first-order chi connectivity index (χ1) is 9.15. The second-order valence-electron chi connectivity index (χ2n) is 5.27. The Morgan fingerprint density at radius 2 is 1.89 bits per heavy atom. The van der Waals surface area contributed by atoms with E-state index in [9.17, 15) is 15.0 Å². The van der Waals surface area contributed by atoms with Crippen LogP contribution in [-0.2, 0) is 11.2 Å². The number of aryl methyl sites for hydroxylation is 1. The van der Waals surface area contributed by atoms with Gasteiger partial charge < -0.3 is 20.4 Å². The van der Waals surface area contributed by atoms with Crippen molar-refractivity contribution in [2.24, 2.45) is 0 Å². The van der Waals surface area contributed by atoms with Crippen LogP contribution in [0.5, 0.6) is 0 Å². The predicted molar refractivity (Wildman–Crippen MR) is 70.8 cm³/mol. The summed E-state index contributed by atoms with van der Waals surface area (Å²) < 4.78 is 0. The SMILES string of the molecule is O=C(C1CCc2ccccc2N1)N1CC(O)C(O)C1. The van der Waals surface area contributed by atoms with Gasteiger partial charge in [-0.2, -0.15) is 0 Å². The zero-order chi connectivity index (χ0) is 13.4. The van der Waals surface area contributed by atoms with Gasteiger partial charge in [-0.05, 0) is 24.5 Å². The first-order valence-corrected chi connectivity index (χ1v) is 6.64. The Balaban J connectivity index is 1.70. The van der Waals surface area contributed by atoms with E-state index in [1.165, 1.54) is 5.56 Å². The van der Waals surface area contributed by atoms with Gasteiger partial charge in [0, 0.05) is 18.8 Å². The average Bonchev–Trinajstić information content (AvgIpc) is 2.77. The molecule has 0 spiro atoms. The van der Waals surface area contributed by atoms with E-state index in [0.717, 1.165) is 18.5 Å². The molecular formula is C14H18N2O3. The second-order valence-corrected chi connectivity index (χ2v) is 5.27. The Morgan fingerprint density at radius 1 is 1.21 bits per heavy atom. The van der Waals surface area contributed by atoms with Gasteiger partial charge in [-0.3, -0.25) is 4.79 Å². The van der Waals surface area contributed by atoms with Gasteiger partial charge in [0.05, 0.1) is 12.2 Å². The largest absolute Gasteiger partial charge is 0.388 e. The molecule has 1 saturated heterocycles. The summed E-state index contributed by atoms with van der Waals surface area (Å²) >= 11 is 0. The number of fused-ring (bicyclic) bond motifs is 1. The van der Waals surface area contributed by atoms with Gasteiger partial charge in [-0.25, -0.2) is 0 Å². The fourth-order valence-electron chi connectivity index (χ4n) is 2.79. The van der Waals surface area contributed by atoms with Gasteiger partial charge >= 0.3 is 0 Å². The molecule has 0 aliphatic carbocycles. The van der Waals surface area contributed by atoms with Crippen LogP contribution in [0.2, 0.25) is 0 Å². The summed E-state index contributed by atoms with van der Waals surface area (Å²) in [5.74, 6) is -0.0369. The normalized spacial score (nSPS) is 29.8. The zero-order valence-corrected chi connectivity index (χ0v) is 10.6. The van der Waals surface area contributed by atoms with Crippen molar-refractivity contribution in [2.45, 2.75) is 31.1 Å². The molecular weight excluding hydrogens is 244 g/mol. The number of anilines is 1. The van der Waals surface area contributed by atoms with E-state index in [4.69, 9.17) is 0 Å². The van der Waals surface area contributed by atoms with Crippen LogP contribution in [0.4, 0.5) is 5.69 Å². The highest BCUT2D eigenvalue weighted by molar-refractivity contribution is 5.86. The summed E-state index contributed by atoms with van der Waals surface area (Å²) in [4.78, 5) is 13.9. The number of carbonyl (C=O) groups excluding carboxylic acids is 1. The van der Waals surface area contributed by atoms with Crippen LogP contribution in [0, 0.1) is 0 Å². The van der Waals surface area contributed by atoms with Crippen molar-refractivity contribution in [3.63, 3.8) is 0 Å². The Hall–Kier alpha value is -1.59. The van der Waals surface area contributed by atoms with Gasteiger partial charge in [-0.15, -0.1) is 0 Å². The molecule has 2 heterocycles. The molecule has 1 amide bonds. The van der Waals surface area contributed by atoms with Crippen molar-refractivity contribution in [3.05, 3.63) is 29.8 Å². The lowest BCUT2D eigenvalue weighted by Gasteiger charge is -2.29. The molecule has 3 unspecified atom stereocenters. The van der Waals surface area contributed by atoms with E-state index in [0.29, 0.717) is 0 Å². The number of carbonyl (C=O) groups is 1. The third-order valence-electron chi connectivity index (χ3n) is 3.92. The van der Waals surface area contributed by atoms with E-state index in [1.807, 2.05) is 18.2 Å². The molecule has 2 aliphatic heterocycles. The highest BCUT2D eigenvalue weighted by atomic mass is 16.3. The van der Waals surface area contributed by atoms with E-state index in [1.54, 1.807) is 4.90 Å². The number of likely N-dealkylation sites (tertiary alicyclic amines) is 1. The second kappa shape index (κ2) is 4.83. The van der Waals surface area contributed by atoms with Gasteiger partial charge in [0.15, 0.2) is 0 Å². The molecule has 0 aromatic heterocycles. The molecule has 1 aromatic rings. The van der Waals surface area contributed by atoms with Crippen LogP contribution in [0.15, 0.2) is 24.3 Å². The molecule has 19 heavy (non-hydrogen) atoms. The van der Waals surface area contributed by atoms with Crippen molar-refractivity contribution < 1.29 is 15.0 Å².